The molecule has 2 aliphatic heterocycles. The number of amides is 3. The molecular formula is C24H23N3O3S. The van der Waals surface area contributed by atoms with E-state index in [1.165, 1.54) is 16.5 Å². The molecule has 0 bridgehead atoms. The Balaban J connectivity index is 1.55. The Bertz CT molecular complexity index is 1170. The topological polar surface area (TPSA) is 73.5 Å². The summed E-state index contributed by atoms with van der Waals surface area (Å²) in [5, 5.41) is 0.839. The van der Waals surface area contributed by atoms with Crippen LogP contribution in [-0.4, -0.2) is 50.7 Å². The fourth-order valence-corrected chi connectivity index (χ4v) is 5.28. The van der Waals surface area contributed by atoms with Gasteiger partial charge in [0.15, 0.2) is 0 Å². The first kappa shape index (κ1) is 19.9. The van der Waals surface area contributed by atoms with E-state index in [1.54, 1.807) is 0 Å². The van der Waals surface area contributed by atoms with Gasteiger partial charge in [-0.05, 0) is 35.6 Å². The number of thioether (sulfide) groups is 1. The van der Waals surface area contributed by atoms with E-state index in [-0.39, 0.29) is 35.4 Å². The summed E-state index contributed by atoms with van der Waals surface area (Å²) in [7, 11) is 0. The van der Waals surface area contributed by atoms with Crippen molar-refractivity contribution >= 4 is 39.7 Å². The Kier molecular flexibility index (Phi) is 5.06. The highest BCUT2D eigenvalue weighted by Gasteiger charge is 2.38. The van der Waals surface area contributed by atoms with Crippen molar-refractivity contribution in [2.45, 2.75) is 25.8 Å². The number of para-hydroxylation sites is 1. The third kappa shape index (κ3) is 3.43. The summed E-state index contributed by atoms with van der Waals surface area (Å²) in [5.41, 5.74) is 5.55. The molecule has 3 heterocycles. The van der Waals surface area contributed by atoms with Gasteiger partial charge in [-0.1, -0.05) is 61.2 Å². The van der Waals surface area contributed by atoms with Crippen LogP contribution in [0, 0.1) is 0 Å². The van der Waals surface area contributed by atoms with E-state index < -0.39 is 0 Å². The van der Waals surface area contributed by atoms with Crippen LogP contribution in [0.25, 0.3) is 10.9 Å². The van der Waals surface area contributed by atoms with E-state index >= 15 is 0 Å². The van der Waals surface area contributed by atoms with Crippen LogP contribution < -0.4 is 0 Å². The molecule has 0 saturated carbocycles. The number of carbonyl (C=O) groups is 3. The highest BCUT2D eigenvalue weighted by molar-refractivity contribution is 8.14. The Labute approximate surface area is 184 Å². The molecule has 1 unspecified atom stereocenters. The minimum absolute atomic E-state index is 0.111. The number of H-pyrrole nitrogens is 1. The molecule has 31 heavy (non-hydrogen) atoms. The van der Waals surface area contributed by atoms with Gasteiger partial charge < -0.3 is 9.88 Å². The molecule has 3 amide bonds. The average molecular weight is 434 g/mol. The Morgan fingerprint density at radius 3 is 2.61 bits per heavy atom. The Hall–Kier alpha value is -3.06. The standard InChI is InChI=1S/C24H23N3O3S/c1-2-15-7-9-16(10-8-15)23-22-18(17-5-3-4-6-19(17)25-22)11-12-26(23)20(28)13-27-21(29)14-31-24(27)30/h3-10,23,25H,2,11-14H2,1H3. The van der Waals surface area contributed by atoms with Crippen LogP contribution in [0.4, 0.5) is 4.79 Å². The lowest BCUT2D eigenvalue weighted by Gasteiger charge is -2.37. The first-order chi connectivity index (χ1) is 15.1. The second-order valence-corrected chi connectivity index (χ2v) is 8.86. The number of hydrogen-bond donors (Lipinski definition) is 1. The van der Waals surface area contributed by atoms with Crippen molar-refractivity contribution in [3.63, 3.8) is 0 Å². The van der Waals surface area contributed by atoms with Crippen LogP contribution in [0.3, 0.4) is 0 Å². The summed E-state index contributed by atoms with van der Waals surface area (Å²) in [6.07, 6.45) is 1.67. The van der Waals surface area contributed by atoms with E-state index in [2.05, 4.69) is 48.3 Å². The minimum Gasteiger partial charge on any atom is -0.356 e. The number of nitrogens with zero attached hydrogens (tertiary/aromatic N) is 2. The number of aryl methyl sites for hydroxylation is 1. The van der Waals surface area contributed by atoms with Crippen molar-refractivity contribution in [2.75, 3.05) is 18.8 Å². The Morgan fingerprint density at radius 1 is 1.13 bits per heavy atom. The zero-order valence-corrected chi connectivity index (χ0v) is 18.1. The molecule has 5 rings (SSSR count). The first-order valence-electron chi connectivity index (χ1n) is 10.5. The summed E-state index contributed by atoms with van der Waals surface area (Å²) >= 11 is 0.955. The predicted octanol–water partition coefficient (Wildman–Crippen LogP) is 3.90. The molecule has 3 aromatic rings. The van der Waals surface area contributed by atoms with E-state index in [1.807, 2.05) is 17.0 Å². The number of benzene rings is 2. The van der Waals surface area contributed by atoms with Gasteiger partial charge in [-0.25, -0.2) is 0 Å². The highest BCUT2D eigenvalue weighted by atomic mass is 32.2. The van der Waals surface area contributed by atoms with Crippen LogP contribution in [0.2, 0.25) is 0 Å². The van der Waals surface area contributed by atoms with Gasteiger partial charge in [0.25, 0.3) is 5.24 Å². The van der Waals surface area contributed by atoms with E-state index in [0.29, 0.717) is 6.54 Å². The molecule has 0 spiro atoms. The van der Waals surface area contributed by atoms with Gasteiger partial charge in [0, 0.05) is 23.1 Å². The average Bonchev–Trinajstić information content (AvgIpc) is 3.33. The quantitative estimate of drug-likeness (QED) is 0.677. The van der Waals surface area contributed by atoms with Crippen LogP contribution in [-0.2, 0) is 22.4 Å². The summed E-state index contributed by atoms with van der Waals surface area (Å²) in [6.45, 7) is 2.45. The fourth-order valence-electron chi connectivity index (χ4n) is 4.55. The number of nitrogens with one attached hydrogen (secondary N) is 1. The van der Waals surface area contributed by atoms with Crippen LogP contribution in [0.5, 0.6) is 0 Å². The molecule has 1 aromatic heterocycles. The van der Waals surface area contributed by atoms with Gasteiger partial charge in [-0.2, -0.15) is 0 Å². The van der Waals surface area contributed by atoms with Crippen molar-refractivity contribution in [1.29, 1.82) is 0 Å². The monoisotopic (exact) mass is 433 g/mol. The summed E-state index contributed by atoms with van der Waals surface area (Å²) in [4.78, 5) is 43.8. The molecule has 158 valence electrons. The molecule has 0 aliphatic carbocycles. The summed E-state index contributed by atoms with van der Waals surface area (Å²) < 4.78 is 0. The van der Waals surface area contributed by atoms with E-state index in [4.69, 9.17) is 0 Å². The number of carbonyl (C=O) groups excluding carboxylic acids is 3. The number of rotatable bonds is 4. The lowest BCUT2D eigenvalue weighted by atomic mass is 9.91. The lowest BCUT2D eigenvalue weighted by Crippen LogP contribution is -2.46. The van der Waals surface area contributed by atoms with Crippen LogP contribution in [0.1, 0.15) is 35.3 Å². The van der Waals surface area contributed by atoms with Crippen LogP contribution >= 0.6 is 11.8 Å². The van der Waals surface area contributed by atoms with Gasteiger partial charge in [-0.3, -0.25) is 19.3 Å². The number of aromatic amines is 1. The maximum atomic E-state index is 13.3. The summed E-state index contributed by atoms with van der Waals surface area (Å²) in [6, 6.07) is 16.3. The highest BCUT2D eigenvalue weighted by Crippen LogP contribution is 2.38. The SMILES string of the molecule is CCc1ccc(C2c3[nH]c4ccccc4c3CCN2C(=O)CN2C(=O)CSC2=O)cc1. The molecular weight excluding hydrogens is 410 g/mol. The van der Waals surface area contributed by atoms with Crippen molar-refractivity contribution < 1.29 is 14.4 Å². The van der Waals surface area contributed by atoms with Crippen molar-refractivity contribution in [2.24, 2.45) is 0 Å². The van der Waals surface area contributed by atoms with Gasteiger partial charge in [-0.15, -0.1) is 0 Å². The van der Waals surface area contributed by atoms with Crippen LogP contribution in [0.15, 0.2) is 48.5 Å². The predicted molar refractivity (Wildman–Crippen MR) is 121 cm³/mol. The zero-order chi connectivity index (χ0) is 21.5. The largest absolute Gasteiger partial charge is 0.356 e. The van der Waals surface area contributed by atoms with Gasteiger partial charge in [0.05, 0.1) is 11.8 Å². The number of imide groups is 1. The zero-order valence-electron chi connectivity index (χ0n) is 17.3. The maximum absolute atomic E-state index is 13.3. The molecule has 2 aliphatic rings. The third-order valence-electron chi connectivity index (χ3n) is 6.19. The number of hydrogen-bond acceptors (Lipinski definition) is 4. The van der Waals surface area contributed by atoms with Crippen molar-refractivity contribution in [3.8, 4) is 0 Å². The second kappa shape index (κ2) is 7.89. The maximum Gasteiger partial charge on any atom is 0.289 e. The molecule has 6 nitrogen and oxygen atoms in total. The lowest BCUT2D eigenvalue weighted by molar-refractivity contribution is -0.138. The van der Waals surface area contributed by atoms with Crippen molar-refractivity contribution in [3.05, 3.63) is 70.9 Å². The molecule has 1 N–H and O–H groups in total. The van der Waals surface area contributed by atoms with Crippen molar-refractivity contribution in [1.82, 2.24) is 14.8 Å². The molecule has 0 radical (unpaired) electrons. The number of aromatic nitrogens is 1. The fraction of sp³-hybridized carbons (Fsp3) is 0.292. The van der Waals surface area contributed by atoms with Gasteiger partial charge in [0.1, 0.15) is 6.54 Å². The molecule has 1 saturated heterocycles. The smallest absolute Gasteiger partial charge is 0.289 e. The van der Waals surface area contributed by atoms with E-state index in [9.17, 15) is 14.4 Å². The second-order valence-electron chi connectivity index (χ2n) is 7.93. The normalized spacial score (nSPS) is 18.7. The summed E-state index contributed by atoms with van der Waals surface area (Å²) in [5.74, 6) is -0.395. The van der Waals surface area contributed by atoms with Gasteiger partial charge >= 0.3 is 0 Å². The molecule has 1 fully saturated rings. The third-order valence-corrected chi connectivity index (χ3v) is 7.05. The first-order valence-corrected chi connectivity index (χ1v) is 11.5. The number of fused-ring (bicyclic) bond motifs is 3. The minimum atomic E-state index is -0.342. The Morgan fingerprint density at radius 2 is 1.90 bits per heavy atom. The molecule has 2 aromatic carbocycles. The molecule has 7 heteroatoms. The molecule has 1 atom stereocenters. The van der Waals surface area contributed by atoms with Gasteiger partial charge in [0.2, 0.25) is 11.8 Å². The van der Waals surface area contributed by atoms with E-state index in [0.717, 1.165) is 46.3 Å².